The van der Waals surface area contributed by atoms with Crippen molar-refractivity contribution in [2.24, 2.45) is 11.8 Å². The van der Waals surface area contributed by atoms with Crippen molar-refractivity contribution in [2.45, 2.75) is 33.1 Å². The predicted molar refractivity (Wildman–Crippen MR) is 52.5 cm³/mol. The summed E-state index contributed by atoms with van der Waals surface area (Å²) in [4.78, 5) is 2.11. The Morgan fingerprint density at radius 3 is 2.50 bits per heavy atom. The van der Waals surface area contributed by atoms with Gasteiger partial charge in [-0.25, -0.2) is 0 Å². The Balaban J connectivity index is 2.17. The molecule has 1 fully saturated rings. The summed E-state index contributed by atoms with van der Waals surface area (Å²) in [5.74, 6) is 2.21. The Morgan fingerprint density at radius 1 is 1.50 bits per heavy atom. The van der Waals surface area contributed by atoms with E-state index in [0.717, 1.165) is 18.3 Å². The van der Waals surface area contributed by atoms with Gasteiger partial charge in [0.05, 0.1) is 5.84 Å². The van der Waals surface area contributed by atoms with Crippen LogP contribution in [0.5, 0.6) is 0 Å². The highest BCUT2D eigenvalue weighted by Crippen LogP contribution is 2.30. The molecule has 1 saturated carbocycles. The molecule has 0 heterocycles. The van der Waals surface area contributed by atoms with Crippen LogP contribution in [0.2, 0.25) is 0 Å². The summed E-state index contributed by atoms with van der Waals surface area (Å²) in [6.45, 7) is 5.51. The molecular formula is C10H20N2. The van der Waals surface area contributed by atoms with E-state index in [2.05, 4.69) is 18.7 Å². The molecule has 2 nitrogen and oxygen atoms in total. The first-order valence-corrected chi connectivity index (χ1v) is 4.91. The molecule has 0 bridgehead atoms. The molecule has 12 heavy (non-hydrogen) atoms. The zero-order valence-electron chi connectivity index (χ0n) is 8.43. The van der Waals surface area contributed by atoms with Crippen molar-refractivity contribution >= 4 is 5.84 Å². The lowest BCUT2D eigenvalue weighted by Gasteiger charge is -2.20. The summed E-state index contributed by atoms with van der Waals surface area (Å²) in [7, 11) is 2.04. The van der Waals surface area contributed by atoms with Crippen LogP contribution in [-0.2, 0) is 0 Å². The third-order valence-electron chi connectivity index (χ3n) is 2.42. The molecule has 0 aromatic heterocycles. The minimum atomic E-state index is 0.599. The average Bonchev–Trinajstić information content (AvgIpc) is 2.80. The number of hydrogen-bond acceptors (Lipinski definition) is 1. The standard InChI is InChI=1S/C10H20N2/c1-8(2)6-7-12(3)10(11)9-4-5-9/h8-9,11H,4-7H2,1-3H3. The second-order valence-electron chi connectivity index (χ2n) is 4.26. The molecule has 0 saturated heterocycles. The lowest BCUT2D eigenvalue weighted by molar-refractivity contribution is 0.426. The van der Waals surface area contributed by atoms with Crippen LogP contribution in [0.15, 0.2) is 0 Å². The Hall–Kier alpha value is -0.530. The van der Waals surface area contributed by atoms with E-state index in [0.29, 0.717) is 5.92 Å². The maximum atomic E-state index is 7.78. The summed E-state index contributed by atoms with van der Waals surface area (Å²) < 4.78 is 0. The topological polar surface area (TPSA) is 27.1 Å². The molecule has 2 heteroatoms. The van der Waals surface area contributed by atoms with Crippen molar-refractivity contribution in [3.05, 3.63) is 0 Å². The maximum absolute atomic E-state index is 7.78. The zero-order valence-corrected chi connectivity index (χ0v) is 8.43. The van der Waals surface area contributed by atoms with E-state index in [4.69, 9.17) is 5.41 Å². The van der Waals surface area contributed by atoms with E-state index in [9.17, 15) is 0 Å². The van der Waals surface area contributed by atoms with Gasteiger partial charge in [0.25, 0.3) is 0 Å². The monoisotopic (exact) mass is 168 g/mol. The van der Waals surface area contributed by atoms with Gasteiger partial charge in [-0.05, 0) is 25.2 Å². The first-order valence-electron chi connectivity index (χ1n) is 4.91. The molecule has 0 aromatic carbocycles. The molecule has 0 atom stereocenters. The number of nitrogens with zero attached hydrogens (tertiary/aromatic N) is 1. The van der Waals surface area contributed by atoms with Crippen LogP contribution >= 0.6 is 0 Å². The molecular weight excluding hydrogens is 148 g/mol. The summed E-state index contributed by atoms with van der Waals surface area (Å²) in [5, 5.41) is 7.78. The molecule has 0 radical (unpaired) electrons. The smallest absolute Gasteiger partial charge is 0.0986 e. The van der Waals surface area contributed by atoms with E-state index in [1.54, 1.807) is 0 Å². The minimum absolute atomic E-state index is 0.599. The van der Waals surface area contributed by atoms with Gasteiger partial charge in [-0.1, -0.05) is 13.8 Å². The first-order chi connectivity index (χ1) is 5.61. The largest absolute Gasteiger partial charge is 0.363 e. The molecule has 0 unspecified atom stereocenters. The zero-order chi connectivity index (χ0) is 9.14. The van der Waals surface area contributed by atoms with Gasteiger partial charge in [-0.15, -0.1) is 0 Å². The highest BCUT2D eigenvalue weighted by Gasteiger charge is 2.28. The fourth-order valence-corrected chi connectivity index (χ4v) is 1.24. The SMILES string of the molecule is CC(C)CCN(C)C(=N)C1CC1. The van der Waals surface area contributed by atoms with Crippen LogP contribution in [-0.4, -0.2) is 24.3 Å². The van der Waals surface area contributed by atoms with Gasteiger partial charge >= 0.3 is 0 Å². The third kappa shape index (κ3) is 2.84. The van der Waals surface area contributed by atoms with Gasteiger partial charge in [-0.3, -0.25) is 5.41 Å². The summed E-state index contributed by atoms with van der Waals surface area (Å²) in [5.41, 5.74) is 0. The average molecular weight is 168 g/mol. The fourth-order valence-electron chi connectivity index (χ4n) is 1.24. The molecule has 0 aliphatic heterocycles. The number of rotatable bonds is 4. The first kappa shape index (κ1) is 9.56. The van der Waals surface area contributed by atoms with E-state index < -0.39 is 0 Å². The Bertz CT molecular complexity index is 159. The van der Waals surface area contributed by atoms with Crippen LogP contribution < -0.4 is 0 Å². The van der Waals surface area contributed by atoms with E-state index in [1.807, 2.05) is 7.05 Å². The second kappa shape index (κ2) is 3.92. The molecule has 0 aromatic rings. The van der Waals surface area contributed by atoms with Gasteiger partial charge in [0, 0.05) is 19.5 Å². The lowest BCUT2D eigenvalue weighted by atomic mass is 10.1. The normalized spacial score (nSPS) is 16.7. The van der Waals surface area contributed by atoms with Crippen LogP contribution in [0.1, 0.15) is 33.1 Å². The van der Waals surface area contributed by atoms with Crippen molar-refractivity contribution in [2.75, 3.05) is 13.6 Å². The summed E-state index contributed by atoms with van der Waals surface area (Å²) >= 11 is 0. The van der Waals surface area contributed by atoms with E-state index in [-0.39, 0.29) is 0 Å². The van der Waals surface area contributed by atoms with Gasteiger partial charge in [-0.2, -0.15) is 0 Å². The summed E-state index contributed by atoms with van der Waals surface area (Å²) in [6.07, 6.45) is 3.68. The highest BCUT2D eigenvalue weighted by molar-refractivity contribution is 5.83. The highest BCUT2D eigenvalue weighted by atomic mass is 15.1. The maximum Gasteiger partial charge on any atom is 0.0986 e. The fraction of sp³-hybridized carbons (Fsp3) is 0.900. The van der Waals surface area contributed by atoms with Gasteiger partial charge < -0.3 is 4.90 Å². The number of nitrogens with one attached hydrogen (secondary N) is 1. The van der Waals surface area contributed by atoms with Crippen molar-refractivity contribution in [1.82, 2.24) is 4.90 Å². The third-order valence-corrected chi connectivity index (χ3v) is 2.42. The van der Waals surface area contributed by atoms with E-state index in [1.165, 1.54) is 19.3 Å². The predicted octanol–water partition coefficient (Wildman–Crippen LogP) is 2.35. The molecule has 1 rings (SSSR count). The van der Waals surface area contributed by atoms with Crippen molar-refractivity contribution in [1.29, 1.82) is 5.41 Å². The van der Waals surface area contributed by atoms with Crippen LogP contribution in [0.4, 0.5) is 0 Å². The van der Waals surface area contributed by atoms with Crippen molar-refractivity contribution in [3.63, 3.8) is 0 Å². The number of amidine groups is 1. The molecule has 0 spiro atoms. The Labute approximate surface area is 75.5 Å². The molecule has 70 valence electrons. The Kier molecular flexibility index (Phi) is 3.12. The van der Waals surface area contributed by atoms with Gasteiger partial charge in [0.1, 0.15) is 0 Å². The van der Waals surface area contributed by atoms with Gasteiger partial charge in [0.2, 0.25) is 0 Å². The molecule has 0 amide bonds. The molecule has 1 aliphatic rings. The molecule has 1 N–H and O–H groups in total. The number of hydrogen-bond donors (Lipinski definition) is 1. The van der Waals surface area contributed by atoms with Crippen molar-refractivity contribution < 1.29 is 0 Å². The Morgan fingerprint density at radius 2 is 2.08 bits per heavy atom. The molecule has 1 aliphatic carbocycles. The lowest BCUT2D eigenvalue weighted by Crippen LogP contribution is -2.29. The van der Waals surface area contributed by atoms with Crippen LogP contribution in [0, 0.1) is 17.2 Å². The van der Waals surface area contributed by atoms with Gasteiger partial charge in [0.15, 0.2) is 0 Å². The van der Waals surface area contributed by atoms with Crippen LogP contribution in [0.3, 0.4) is 0 Å². The van der Waals surface area contributed by atoms with Crippen LogP contribution in [0.25, 0.3) is 0 Å². The second-order valence-corrected chi connectivity index (χ2v) is 4.26. The minimum Gasteiger partial charge on any atom is -0.363 e. The quantitative estimate of drug-likeness (QED) is 0.506. The van der Waals surface area contributed by atoms with E-state index >= 15 is 0 Å². The van der Waals surface area contributed by atoms with Crippen molar-refractivity contribution in [3.8, 4) is 0 Å². The summed E-state index contributed by atoms with van der Waals surface area (Å²) in [6, 6.07) is 0.